The van der Waals surface area contributed by atoms with Gasteiger partial charge in [-0.05, 0) is 17.7 Å². The van der Waals surface area contributed by atoms with Crippen LogP contribution in [0.2, 0.25) is 0 Å². The van der Waals surface area contributed by atoms with Crippen LogP contribution in [0.5, 0.6) is 0 Å². The first-order valence-corrected chi connectivity index (χ1v) is 10.2. The van der Waals surface area contributed by atoms with E-state index in [1.54, 1.807) is 31.3 Å². The Morgan fingerprint density at radius 3 is 2.68 bits per heavy atom. The zero-order valence-corrected chi connectivity index (χ0v) is 16.6. The molecule has 10 nitrogen and oxygen atoms in total. The number of hydrogen-bond acceptors (Lipinski definition) is 7. The Morgan fingerprint density at radius 2 is 2.00 bits per heavy atom. The summed E-state index contributed by atoms with van der Waals surface area (Å²) in [6.45, 7) is 1.42. The molecule has 0 aliphatic carbocycles. The van der Waals surface area contributed by atoms with Crippen molar-refractivity contribution >= 4 is 28.2 Å². The van der Waals surface area contributed by atoms with Crippen LogP contribution in [-0.2, 0) is 19.6 Å². The van der Waals surface area contributed by atoms with Crippen molar-refractivity contribution in [1.82, 2.24) is 19.5 Å². The van der Waals surface area contributed by atoms with Crippen LogP contribution in [0.15, 0.2) is 34.3 Å². The lowest BCUT2D eigenvalue weighted by Crippen LogP contribution is -2.57. The van der Waals surface area contributed by atoms with Crippen molar-refractivity contribution in [2.24, 2.45) is 5.10 Å². The van der Waals surface area contributed by atoms with Crippen molar-refractivity contribution in [1.29, 1.82) is 0 Å². The maximum atomic E-state index is 12.8. The van der Waals surface area contributed by atoms with Gasteiger partial charge in [-0.25, -0.2) is 13.2 Å². The molecule has 1 aromatic carbocycles. The maximum absolute atomic E-state index is 12.8. The molecule has 11 heteroatoms. The third kappa shape index (κ3) is 4.32. The summed E-state index contributed by atoms with van der Waals surface area (Å²) in [5, 5.41) is 8.38. The quantitative estimate of drug-likeness (QED) is 0.536. The van der Waals surface area contributed by atoms with Gasteiger partial charge in [-0.3, -0.25) is 14.7 Å². The number of sulfonamides is 1. The summed E-state index contributed by atoms with van der Waals surface area (Å²) in [5.74, 6) is -0.297. The number of amides is 3. The molecule has 1 aromatic rings. The first kappa shape index (κ1) is 20.2. The van der Waals surface area contributed by atoms with Crippen LogP contribution >= 0.6 is 0 Å². The van der Waals surface area contributed by atoms with E-state index in [1.165, 1.54) is 22.6 Å². The number of benzene rings is 1. The number of hydrazone groups is 1. The second-order valence-corrected chi connectivity index (χ2v) is 8.47. The molecule has 2 fully saturated rings. The van der Waals surface area contributed by atoms with Crippen LogP contribution < -0.4 is 5.32 Å². The fourth-order valence-electron chi connectivity index (χ4n) is 2.86. The molecule has 28 heavy (non-hydrogen) atoms. The molecule has 1 atom stereocenters. The van der Waals surface area contributed by atoms with Gasteiger partial charge < -0.3 is 10.1 Å². The highest BCUT2D eigenvalue weighted by Gasteiger charge is 2.31. The van der Waals surface area contributed by atoms with Crippen LogP contribution in [-0.4, -0.2) is 87.3 Å². The predicted octanol–water partition coefficient (Wildman–Crippen LogP) is -0.129. The Labute approximate surface area is 163 Å². The molecule has 0 saturated carbocycles. The van der Waals surface area contributed by atoms with E-state index in [0.29, 0.717) is 31.9 Å². The number of morpholine rings is 1. The highest BCUT2D eigenvalue weighted by Crippen LogP contribution is 2.18. The van der Waals surface area contributed by atoms with E-state index >= 15 is 0 Å². The number of nitrogens with zero attached hydrogens (tertiary/aromatic N) is 4. The van der Waals surface area contributed by atoms with Gasteiger partial charge in [0.2, 0.25) is 15.9 Å². The number of rotatable bonds is 5. The molecule has 3 amide bonds. The van der Waals surface area contributed by atoms with Gasteiger partial charge in [0.05, 0.1) is 30.7 Å². The second kappa shape index (κ2) is 8.25. The minimum absolute atomic E-state index is 0.0987. The van der Waals surface area contributed by atoms with Gasteiger partial charge in [-0.2, -0.15) is 9.41 Å². The van der Waals surface area contributed by atoms with Crippen LogP contribution in [0.3, 0.4) is 0 Å². The molecule has 3 rings (SSSR count). The van der Waals surface area contributed by atoms with Crippen molar-refractivity contribution in [2.75, 3.05) is 40.4 Å². The van der Waals surface area contributed by atoms with Gasteiger partial charge >= 0.3 is 6.03 Å². The number of imide groups is 1. The lowest BCUT2D eigenvalue weighted by molar-refractivity contribution is -0.130. The van der Waals surface area contributed by atoms with E-state index in [9.17, 15) is 18.0 Å². The molecule has 2 aliphatic heterocycles. The van der Waals surface area contributed by atoms with Gasteiger partial charge in [0.15, 0.2) is 0 Å². The molecule has 2 heterocycles. The highest BCUT2D eigenvalue weighted by atomic mass is 32.2. The molecule has 0 aromatic heterocycles. The normalized spacial score (nSPS) is 21.8. The number of ether oxygens (including phenoxy) is 1. The van der Waals surface area contributed by atoms with E-state index < -0.39 is 22.2 Å². The summed E-state index contributed by atoms with van der Waals surface area (Å²) in [5.41, 5.74) is 0.590. The lowest BCUT2D eigenvalue weighted by atomic mass is 10.2. The molecule has 1 N–H and O–H groups in total. The van der Waals surface area contributed by atoms with Gasteiger partial charge in [-0.15, -0.1) is 0 Å². The van der Waals surface area contributed by atoms with E-state index in [4.69, 9.17) is 4.74 Å². The minimum atomic E-state index is -3.59. The first-order chi connectivity index (χ1) is 13.3. The van der Waals surface area contributed by atoms with Crippen molar-refractivity contribution in [3.63, 3.8) is 0 Å². The number of urea groups is 1. The van der Waals surface area contributed by atoms with Gasteiger partial charge in [0, 0.05) is 27.2 Å². The van der Waals surface area contributed by atoms with Crippen molar-refractivity contribution in [2.45, 2.75) is 17.5 Å². The Kier molecular flexibility index (Phi) is 5.96. The van der Waals surface area contributed by atoms with Gasteiger partial charge in [0.25, 0.3) is 0 Å². The third-order valence-electron chi connectivity index (χ3n) is 4.64. The highest BCUT2D eigenvalue weighted by molar-refractivity contribution is 7.89. The van der Waals surface area contributed by atoms with Crippen LogP contribution in [0.1, 0.15) is 12.0 Å². The number of hydrogen-bond donors (Lipinski definition) is 1. The average Bonchev–Trinajstić information content (AvgIpc) is 2.70. The third-order valence-corrected chi connectivity index (χ3v) is 6.54. The smallest absolute Gasteiger partial charge is 0.325 e. The summed E-state index contributed by atoms with van der Waals surface area (Å²) in [6.07, 6.45) is 1.03. The molecular formula is C17H23N5O5S. The average molecular weight is 409 g/mol. The molecule has 0 radical (unpaired) electrons. The first-order valence-electron chi connectivity index (χ1n) is 8.81. The number of nitrogens with one attached hydrogen (secondary N) is 1. The van der Waals surface area contributed by atoms with E-state index in [1.807, 2.05) is 0 Å². The topological polar surface area (TPSA) is 112 Å². The second-order valence-electron chi connectivity index (χ2n) is 6.53. The summed E-state index contributed by atoms with van der Waals surface area (Å²) in [4.78, 5) is 24.7. The maximum Gasteiger partial charge on any atom is 0.325 e. The minimum Gasteiger partial charge on any atom is -0.379 e. The monoisotopic (exact) mass is 409 g/mol. The SMILES string of the molecule is CN1C(=O)CC(N(C)N=Cc2cccc(S(=O)(=O)N3CCOCC3)c2)NC1=O. The summed E-state index contributed by atoms with van der Waals surface area (Å²) < 4.78 is 32.1. The zero-order chi connectivity index (χ0) is 20.3. The van der Waals surface area contributed by atoms with Gasteiger partial charge in [0.1, 0.15) is 6.17 Å². The molecule has 0 spiro atoms. The van der Waals surface area contributed by atoms with E-state index in [2.05, 4.69) is 10.4 Å². The van der Waals surface area contributed by atoms with E-state index in [0.717, 1.165) is 4.90 Å². The Balaban J connectivity index is 1.72. The standard InChI is InChI=1S/C17H23N5O5S/c1-20-16(23)11-15(19-17(20)24)21(2)18-12-13-4-3-5-14(10-13)28(25,26)22-6-8-27-9-7-22/h3-5,10,12,15H,6-9,11H2,1-2H3,(H,19,24). The lowest BCUT2D eigenvalue weighted by Gasteiger charge is -2.32. The fraction of sp³-hybridized carbons (Fsp3) is 0.471. The van der Waals surface area contributed by atoms with Crippen molar-refractivity contribution in [3.8, 4) is 0 Å². The molecular weight excluding hydrogens is 386 g/mol. The summed E-state index contributed by atoms with van der Waals surface area (Å²) in [7, 11) is -0.546. The van der Waals surface area contributed by atoms with Crippen molar-refractivity contribution < 1.29 is 22.7 Å². The van der Waals surface area contributed by atoms with Crippen LogP contribution in [0.25, 0.3) is 0 Å². The van der Waals surface area contributed by atoms with Crippen molar-refractivity contribution in [3.05, 3.63) is 29.8 Å². The van der Waals surface area contributed by atoms with Crippen LogP contribution in [0.4, 0.5) is 4.79 Å². The Hall–Kier alpha value is -2.50. The summed E-state index contributed by atoms with van der Waals surface area (Å²) >= 11 is 0. The zero-order valence-electron chi connectivity index (χ0n) is 15.7. The van der Waals surface area contributed by atoms with E-state index in [-0.39, 0.29) is 17.2 Å². The fourth-order valence-corrected chi connectivity index (χ4v) is 4.32. The number of carbonyl (C=O) groups excluding carboxylic acids is 2. The molecule has 2 aliphatic rings. The molecule has 152 valence electrons. The predicted molar refractivity (Wildman–Crippen MR) is 101 cm³/mol. The van der Waals surface area contributed by atoms with Crippen LogP contribution in [0, 0.1) is 0 Å². The summed E-state index contributed by atoms with van der Waals surface area (Å²) in [6, 6.07) is 5.98. The largest absolute Gasteiger partial charge is 0.379 e. The Bertz CT molecular complexity index is 864. The molecule has 0 bridgehead atoms. The number of carbonyl (C=O) groups is 2. The Morgan fingerprint density at radius 1 is 1.29 bits per heavy atom. The van der Waals surface area contributed by atoms with Gasteiger partial charge in [-0.1, -0.05) is 12.1 Å². The molecule has 2 saturated heterocycles. The molecule has 1 unspecified atom stereocenters.